The van der Waals surface area contributed by atoms with Crippen molar-refractivity contribution in [2.24, 2.45) is 5.73 Å². The number of carbonyl (C=O) groups excluding carboxylic acids is 1. The van der Waals surface area contributed by atoms with Crippen LogP contribution in [0.4, 0.5) is 4.79 Å². The normalized spacial score (nSPS) is 9.33. The molecule has 3 heteroatoms. The van der Waals surface area contributed by atoms with Crippen LogP contribution in [0.5, 0.6) is 0 Å². The van der Waals surface area contributed by atoms with E-state index in [1.807, 2.05) is 0 Å². The van der Waals surface area contributed by atoms with E-state index in [0.29, 0.717) is 0 Å². The van der Waals surface area contributed by atoms with Crippen molar-refractivity contribution in [3.8, 4) is 0 Å². The third-order valence-electron chi connectivity index (χ3n) is 0.594. The lowest BCUT2D eigenvalue weighted by atomic mass is 10.5. The summed E-state index contributed by atoms with van der Waals surface area (Å²) in [5.74, 6) is 0. The molecule has 0 radical (unpaired) electrons. The van der Waals surface area contributed by atoms with Crippen LogP contribution < -0.4 is 5.73 Å². The number of ether oxygens (including phenoxy) is 1. The van der Waals surface area contributed by atoms with E-state index in [-0.39, 0.29) is 6.61 Å². The molecule has 3 nitrogen and oxygen atoms in total. The molecule has 0 bridgehead atoms. The average molecular weight is 127 g/mol. The molecule has 0 aliphatic rings. The second kappa shape index (κ2) is 4.90. The predicted octanol–water partition coefficient (Wildman–Crippen LogP) is 0.824. The number of rotatable bonds is 3. The molecule has 0 saturated heterocycles. The summed E-state index contributed by atoms with van der Waals surface area (Å²) in [7, 11) is 0. The molecule has 1 amide bonds. The maximum atomic E-state index is 9.90. The van der Waals surface area contributed by atoms with E-state index in [4.69, 9.17) is 0 Å². The Balaban J connectivity index is 3.19. The van der Waals surface area contributed by atoms with Gasteiger partial charge in [-0.1, -0.05) is 18.7 Å². The maximum Gasteiger partial charge on any atom is 0.404 e. The summed E-state index contributed by atoms with van der Waals surface area (Å²) in [6, 6.07) is 0. The summed E-state index contributed by atoms with van der Waals surface area (Å²) in [5.41, 5.74) is 4.65. The Bertz CT molecular complexity index is 129. The van der Waals surface area contributed by atoms with Gasteiger partial charge < -0.3 is 10.5 Å². The van der Waals surface area contributed by atoms with Crippen molar-refractivity contribution in [1.29, 1.82) is 0 Å². The Kier molecular flexibility index (Phi) is 4.22. The Labute approximate surface area is 53.8 Å². The van der Waals surface area contributed by atoms with Crippen LogP contribution in [0.2, 0.25) is 0 Å². The fourth-order valence-electron chi connectivity index (χ4n) is 0.282. The zero-order chi connectivity index (χ0) is 7.11. The summed E-state index contributed by atoms with van der Waals surface area (Å²) in [5, 5.41) is 0. The Hall–Kier alpha value is -1.25. The minimum absolute atomic E-state index is 0.210. The number of carbonyl (C=O) groups is 1. The highest BCUT2D eigenvalue weighted by Crippen LogP contribution is 1.76. The van der Waals surface area contributed by atoms with Crippen LogP contribution in [-0.4, -0.2) is 12.7 Å². The number of nitrogens with two attached hydrogens (primary N) is 1. The van der Waals surface area contributed by atoms with Gasteiger partial charge in [-0.15, -0.1) is 0 Å². The van der Waals surface area contributed by atoms with E-state index in [9.17, 15) is 4.79 Å². The maximum absolute atomic E-state index is 9.90. The first-order valence-electron chi connectivity index (χ1n) is 2.47. The Morgan fingerprint density at radius 1 is 1.78 bits per heavy atom. The Morgan fingerprint density at radius 2 is 2.44 bits per heavy atom. The monoisotopic (exact) mass is 127 g/mol. The van der Waals surface area contributed by atoms with E-state index in [2.05, 4.69) is 17.0 Å². The van der Waals surface area contributed by atoms with Crippen molar-refractivity contribution >= 4 is 6.09 Å². The van der Waals surface area contributed by atoms with Crippen molar-refractivity contribution in [3.05, 3.63) is 24.8 Å². The topological polar surface area (TPSA) is 52.3 Å². The summed E-state index contributed by atoms with van der Waals surface area (Å²) < 4.78 is 4.35. The summed E-state index contributed by atoms with van der Waals surface area (Å²) in [4.78, 5) is 9.90. The highest BCUT2D eigenvalue weighted by atomic mass is 16.5. The van der Waals surface area contributed by atoms with Gasteiger partial charge in [0.05, 0.1) is 0 Å². The molecule has 0 heterocycles. The highest BCUT2D eigenvalue weighted by Gasteiger charge is 1.85. The highest BCUT2D eigenvalue weighted by molar-refractivity contribution is 5.64. The molecule has 0 aliphatic carbocycles. The molecule has 50 valence electrons. The van der Waals surface area contributed by atoms with Crippen molar-refractivity contribution in [1.82, 2.24) is 0 Å². The number of amides is 1. The van der Waals surface area contributed by atoms with Gasteiger partial charge >= 0.3 is 6.09 Å². The third-order valence-corrected chi connectivity index (χ3v) is 0.594. The van der Waals surface area contributed by atoms with Crippen LogP contribution in [-0.2, 0) is 4.74 Å². The first-order valence-corrected chi connectivity index (χ1v) is 2.47. The van der Waals surface area contributed by atoms with Gasteiger partial charge in [0, 0.05) is 0 Å². The zero-order valence-corrected chi connectivity index (χ0v) is 5.04. The molecule has 0 unspecified atom stereocenters. The number of hydrogen-bond acceptors (Lipinski definition) is 2. The van der Waals surface area contributed by atoms with Crippen molar-refractivity contribution in [3.63, 3.8) is 0 Å². The lowest BCUT2D eigenvalue weighted by Gasteiger charge is -1.91. The number of allylic oxidation sites excluding steroid dienone is 2. The molecule has 0 aromatic heterocycles. The lowest BCUT2D eigenvalue weighted by Crippen LogP contribution is -2.12. The molecule has 0 fully saturated rings. The van der Waals surface area contributed by atoms with E-state index in [1.54, 1.807) is 18.2 Å². The number of hydrogen-bond donors (Lipinski definition) is 1. The van der Waals surface area contributed by atoms with Crippen LogP contribution in [0.15, 0.2) is 24.8 Å². The largest absolute Gasteiger partial charge is 0.445 e. The van der Waals surface area contributed by atoms with Crippen LogP contribution in [0.25, 0.3) is 0 Å². The molecule has 0 saturated carbocycles. The zero-order valence-electron chi connectivity index (χ0n) is 5.04. The minimum Gasteiger partial charge on any atom is -0.445 e. The van der Waals surface area contributed by atoms with Gasteiger partial charge in [-0.2, -0.15) is 0 Å². The second-order valence-corrected chi connectivity index (χ2v) is 1.29. The van der Waals surface area contributed by atoms with Gasteiger partial charge in [0.2, 0.25) is 0 Å². The van der Waals surface area contributed by atoms with Crippen molar-refractivity contribution in [2.45, 2.75) is 0 Å². The van der Waals surface area contributed by atoms with Gasteiger partial charge in [0.1, 0.15) is 6.61 Å². The SMILES string of the molecule is C=C/C=C/COC(N)=O. The van der Waals surface area contributed by atoms with Crippen LogP contribution in [0.1, 0.15) is 0 Å². The van der Waals surface area contributed by atoms with E-state index >= 15 is 0 Å². The molecular formula is C6H9NO2. The quantitative estimate of drug-likeness (QED) is 0.571. The van der Waals surface area contributed by atoms with E-state index in [1.165, 1.54) is 0 Å². The molecule has 0 atom stereocenters. The van der Waals surface area contributed by atoms with Crippen LogP contribution >= 0.6 is 0 Å². The predicted molar refractivity (Wildman–Crippen MR) is 34.9 cm³/mol. The molecule has 0 rings (SSSR count). The van der Waals surface area contributed by atoms with Crippen molar-refractivity contribution < 1.29 is 9.53 Å². The molecular weight excluding hydrogens is 118 g/mol. The first-order chi connectivity index (χ1) is 4.27. The second-order valence-electron chi connectivity index (χ2n) is 1.29. The molecule has 9 heavy (non-hydrogen) atoms. The molecule has 2 N–H and O–H groups in total. The van der Waals surface area contributed by atoms with Gasteiger partial charge in [-0.05, 0) is 6.08 Å². The minimum atomic E-state index is -0.760. The fourth-order valence-corrected chi connectivity index (χ4v) is 0.282. The summed E-state index contributed by atoms with van der Waals surface area (Å²) in [6.07, 6.45) is 4.13. The molecule has 0 aromatic carbocycles. The molecule has 0 spiro atoms. The van der Waals surface area contributed by atoms with Crippen LogP contribution in [0.3, 0.4) is 0 Å². The van der Waals surface area contributed by atoms with Crippen LogP contribution in [0, 0.1) is 0 Å². The fraction of sp³-hybridized carbons (Fsp3) is 0.167. The smallest absolute Gasteiger partial charge is 0.404 e. The van der Waals surface area contributed by atoms with E-state index in [0.717, 1.165) is 0 Å². The van der Waals surface area contributed by atoms with Gasteiger partial charge in [-0.25, -0.2) is 4.79 Å². The Morgan fingerprint density at radius 3 is 2.89 bits per heavy atom. The lowest BCUT2D eigenvalue weighted by molar-refractivity contribution is 0.169. The summed E-state index contributed by atoms with van der Waals surface area (Å²) in [6.45, 7) is 3.63. The first kappa shape index (κ1) is 7.75. The number of primary amides is 1. The summed E-state index contributed by atoms with van der Waals surface area (Å²) >= 11 is 0. The van der Waals surface area contributed by atoms with Gasteiger partial charge in [0.25, 0.3) is 0 Å². The van der Waals surface area contributed by atoms with Gasteiger partial charge in [0.15, 0.2) is 0 Å². The molecule has 0 aromatic rings. The van der Waals surface area contributed by atoms with Gasteiger partial charge in [-0.3, -0.25) is 0 Å². The third kappa shape index (κ3) is 6.75. The van der Waals surface area contributed by atoms with E-state index < -0.39 is 6.09 Å². The van der Waals surface area contributed by atoms with Crippen molar-refractivity contribution in [2.75, 3.05) is 6.61 Å². The average Bonchev–Trinajstić information content (AvgIpc) is 1.80. The standard InChI is InChI=1S/C6H9NO2/c1-2-3-4-5-9-6(7)8/h2-4H,1,5H2,(H2,7,8)/b4-3+. The molecule has 0 aliphatic heterocycles.